The largest absolute Gasteiger partial charge is 0.372 e. The second-order valence-corrected chi connectivity index (χ2v) is 3.56. The van der Waals surface area contributed by atoms with Gasteiger partial charge in [0, 0.05) is 4.47 Å². The molecule has 0 radical (unpaired) electrons. The Morgan fingerprint density at radius 2 is 2.31 bits per heavy atom. The summed E-state index contributed by atoms with van der Waals surface area (Å²) in [6.45, 7) is 0.351. The van der Waals surface area contributed by atoms with Gasteiger partial charge < -0.3 is 5.32 Å². The minimum Gasteiger partial charge on any atom is -0.372 e. The number of halogens is 3. The van der Waals surface area contributed by atoms with E-state index < -0.39 is 0 Å². The molecule has 13 heavy (non-hydrogen) atoms. The summed E-state index contributed by atoms with van der Waals surface area (Å²) in [5.74, 6) is 2.01. The van der Waals surface area contributed by atoms with Crippen LogP contribution in [0.4, 0.5) is 10.1 Å². The van der Waals surface area contributed by atoms with Gasteiger partial charge in [0.1, 0.15) is 5.82 Å². The Balaban J connectivity index is 3.00. The van der Waals surface area contributed by atoms with Crippen molar-refractivity contribution in [1.29, 1.82) is 0 Å². The van der Waals surface area contributed by atoms with Crippen molar-refractivity contribution in [3.63, 3.8) is 0 Å². The van der Waals surface area contributed by atoms with Crippen molar-refractivity contribution in [2.45, 2.75) is 0 Å². The molecule has 0 fully saturated rings. The predicted molar refractivity (Wildman–Crippen MR) is 56.4 cm³/mol. The van der Waals surface area contributed by atoms with Crippen LogP contribution in [-0.4, -0.2) is 6.54 Å². The van der Waals surface area contributed by atoms with Crippen molar-refractivity contribution in [3.05, 3.63) is 27.4 Å². The molecule has 0 aliphatic rings. The molecule has 1 aromatic carbocycles. The molecule has 0 aromatic heterocycles. The third-order valence-corrected chi connectivity index (χ3v) is 2.30. The number of hydrogen-bond donors (Lipinski definition) is 1. The van der Waals surface area contributed by atoms with Crippen LogP contribution in [0.2, 0.25) is 5.02 Å². The highest BCUT2D eigenvalue weighted by Gasteiger charge is 2.06. The van der Waals surface area contributed by atoms with Gasteiger partial charge in [-0.2, -0.15) is 0 Å². The summed E-state index contributed by atoms with van der Waals surface area (Å²) < 4.78 is 13.3. The number of nitrogens with one attached hydrogen (secondary N) is 1. The third kappa shape index (κ3) is 2.61. The summed E-state index contributed by atoms with van der Waals surface area (Å²) >= 11 is 8.94. The highest BCUT2D eigenvalue weighted by molar-refractivity contribution is 9.10. The molecule has 0 amide bonds. The molecule has 0 unspecified atom stereocenters. The Hall–Kier alpha value is -0.720. The van der Waals surface area contributed by atoms with E-state index in [0.29, 0.717) is 21.7 Å². The van der Waals surface area contributed by atoms with Crippen molar-refractivity contribution in [1.82, 2.24) is 0 Å². The molecule has 0 bridgehead atoms. The van der Waals surface area contributed by atoms with Gasteiger partial charge >= 0.3 is 0 Å². The van der Waals surface area contributed by atoms with Crippen molar-refractivity contribution in [2.24, 2.45) is 0 Å². The van der Waals surface area contributed by atoms with Crippen molar-refractivity contribution in [3.8, 4) is 12.3 Å². The fourth-order valence-corrected chi connectivity index (χ4v) is 1.81. The van der Waals surface area contributed by atoms with E-state index in [1.54, 1.807) is 0 Å². The highest BCUT2D eigenvalue weighted by Crippen LogP contribution is 2.31. The van der Waals surface area contributed by atoms with Crippen LogP contribution in [0, 0.1) is 18.2 Å². The van der Waals surface area contributed by atoms with Gasteiger partial charge in [0.2, 0.25) is 0 Å². The van der Waals surface area contributed by atoms with Crippen LogP contribution < -0.4 is 5.32 Å². The summed E-state index contributed by atoms with van der Waals surface area (Å²) in [7, 11) is 0. The average molecular weight is 263 g/mol. The van der Waals surface area contributed by atoms with E-state index in [1.165, 1.54) is 12.1 Å². The first-order chi connectivity index (χ1) is 6.15. The zero-order valence-corrected chi connectivity index (χ0v) is 8.91. The summed E-state index contributed by atoms with van der Waals surface area (Å²) in [6, 6.07) is 2.55. The maximum Gasteiger partial charge on any atom is 0.125 e. The first-order valence-electron chi connectivity index (χ1n) is 3.47. The lowest BCUT2D eigenvalue weighted by molar-refractivity contribution is 0.627. The van der Waals surface area contributed by atoms with E-state index in [0.717, 1.165) is 0 Å². The van der Waals surface area contributed by atoms with Crippen molar-refractivity contribution < 1.29 is 4.39 Å². The number of anilines is 1. The van der Waals surface area contributed by atoms with Gasteiger partial charge in [-0.15, -0.1) is 6.42 Å². The van der Waals surface area contributed by atoms with E-state index in [4.69, 9.17) is 18.0 Å². The molecule has 1 rings (SSSR count). The van der Waals surface area contributed by atoms with E-state index in [1.807, 2.05) is 0 Å². The van der Waals surface area contributed by atoms with Crippen molar-refractivity contribution >= 4 is 33.2 Å². The molecule has 0 saturated heterocycles. The maximum absolute atomic E-state index is 12.7. The quantitative estimate of drug-likeness (QED) is 0.807. The first kappa shape index (κ1) is 10.4. The number of benzene rings is 1. The first-order valence-corrected chi connectivity index (χ1v) is 4.64. The summed E-state index contributed by atoms with van der Waals surface area (Å²) in [4.78, 5) is 0. The molecule has 1 N–H and O–H groups in total. The molecule has 1 aromatic rings. The molecule has 0 aliphatic heterocycles. The Labute approximate surface area is 89.4 Å². The van der Waals surface area contributed by atoms with Crippen LogP contribution in [0.3, 0.4) is 0 Å². The smallest absolute Gasteiger partial charge is 0.125 e. The summed E-state index contributed by atoms with van der Waals surface area (Å²) in [5.41, 5.74) is 0.612. The van der Waals surface area contributed by atoms with Crippen LogP contribution in [0.1, 0.15) is 0 Å². The normalized spacial score (nSPS) is 9.38. The molecule has 0 saturated carbocycles. The molecule has 0 spiro atoms. The maximum atomic E-state index is 12.7. The topological polar surface area (TPSA) is 12.0 Å². The minimum atomic E-state index is -0.386. The second kappa shape index (κ2) is 4.50. The van der Waals surface area contributed by atoms with E-state index in [-0.39, 0.29) is 5.82 Å². The van der Waals surface area contributed by atoms with Crippen LogP contribution in [0.25, 0.3) is 0 Å². The number of hydrogen-bond acceptors (Lipinski definition) is 1. The van der Waals surface area contributed by atoms with Crippen LogP contribution in [0.5, 0.6) is 0 Å². The molecular weight excluding hydrogens is 256 g/mol. The average Bonchev–Trinajstić information content (AvgIpc) is 2.02. The van der Waals surface area contributed by atoms with Gasteiger partial charge in [-0.3, -0.25) is 0 Å². The Kier molecular flexibility index (Phi) is 3.58. The van der Waals surface area contributed by atoms with Gasteiger partial charge in [-0.1, -0.05) is 17.5 Å². The summed E-state index contributed by atoms with van der Waals surface area (Å²) in [5, 5.41) is 3.18. The molecule has 0 aliphatic carbocycles. The SMILES string of the molecule is C#CCNc1c(Cl)cc(F)cc1Br. The molecule has 68 valence electrons. The predicted octanol–water partition coefficient (Wildman–Crippen LogP) is 3.29. The van der Waals surface area contributed by atoms with E-state index >= 15 is 0 Å². The van der Waals surface area contributed by atoms with Crippen LogP contribution >= 0.6 is 27.5 Å². The van der Waals surface area contributed by atoms with Crippen LogP contribution in [0.15, 0.2) is 16.6 Å². The van der Waals surface area contributed by atoms with Gasteiger partial charge in [0.15, 0.2) is 0 Å². The monoisotopic (exact) mass is 261 g/mol. The van der Waals surface area contributed by atoms with E-state index in [2.05, 4.69) is 27.2 Å². The second-order valence-electron chi connectivity index (χ2n) is 2.30. The lowest BCUT2D eigenvalue weighted by Crippen LogP contribution is -2.00. The van der Waals surface area contributed by atoms with Gasteiger partial charge in [0.25, 0.3) is 0 Å². The van der Waals surface area contributed by atoms with Crippen molar-refractivity contribution in [2.75, 3.05) is 11.9 Å². The molecule has 1 nitrogen and oxygen atoms in total. The fraction of sp³-hybridized carbons (Fsp3) is 0.111. The highest BCUT2D eigenvalue weighted by atomic mass is 79.9. The molecule has 0 heterocycles. The Morgan fingerprint density at radius 3 is 2.85 bits per heavy atom. The van der Waals surface area contributed by atoms with Crippen LogP contribution in [-0.2, 0) is 0 Å². The molecular formula is C9H6BrClFN. The Bertz CT molecular complexity index is 336. The standard InChI is InChI=1S/C9H6BrClFN/c1-2-3-13-9-7(10)4-6(12)5-8(9)11/h1,4-5,13H,3H2. The minimum absolute atomic E-state index is 0.308. The zero-order chi connectivity index (χ0) is 9.84. The van der Waals surface area contributed by atoms with E-state index in [9.17, 15) is 4.39 Å². The summed E-state index contributed by atoms with van der Waals surface area (Å²) in [6.07, 6.45) is 5.06. The van der Waals surface area contributed by atoms with Gasteiger partial charge in [-0.05, 0) is 28.1 Å². The fourth-order valence-electron chi connectivity index (χ4n) is 0.851. The Morgan fingerprint density at radius 1 is 1.62 bits per heavy atom. The lowest BCUT2D eigenvalue weighted by Gasteiger charge is -2.07. The molecule has 4 heteroatoms. The third-order valence-electron chi connectivity index (χ3n) is 1.37. The number of rotatable bonds is 2. The lowest BCUT2D eigenvalue weighted by atomic mass is 10.3. The van der Waals surface area contributed by atoms with Gasteiger partial charge in [-0.25, -0.2) is 4.39 Å². The number of terminal acetylenes is 1. The molecule has 0 atom stereocenters. The van der Waals surface area contributed by atoms with Gasteiger partial charge in [0.05, 0.1) is 17.3 Å². The zero-order valence-electron chi connectivity index (χ0n) is 6.57.